The van der Waals surface area contributed by atoms with Gasteiger partial charge in [-0.3, -0.25) is 0 Å². The zero-order valence-electron chi connectivity index (χ0n) is 23.6. The molecule has 226 valence electrons. The Balaban J connectivity index is 1.53. The molecule has 2 aromatic carbocycles. The van der Waals surface area contributed by atoms with Gasteiger partial charge in [0.15, 0.2) is 6.29 Å². The van der Waals surface area contributed by atoms with Crippen LogP contribution >= 0.6 is 15.9 Å². The Hall–Kier alpha value is -2.22. The maximum Gasteiger partial charge on any atom is 0.407 e. The van der Waals surface area contributed by atoms with E-state index in [1.165, 1.54) is 23.5 Å². The van der Waals surface area contributed by atoms with E-state index in [4.69, 9.17) is 18.9 Å². The van der Waals surface area contributed by atoms with Crippen molar-refractivity contribution in [3.63, 3.8) is 0 Å². The Labute approximate surface area is 250 Å². The van der Waals surface area contributed by atoms with Gasteiger partial charge in [-0.2, -0.15) is 4.31 Å². The van der Waals surface area contributed by atoms with Crippen LogP contribution in [0.3, 0.4) is 0 Å². The zero-order valence-corrected chi connectivity index (χ0v) is 26.0. The van der Waals surface area contributed by atoms with E-state index in [1.807, 2.05) is 38.1 Å². The lowest BCUT2D eigenvalue weighted by molar-refractivity contribution is -0.0907. The van der Waals surface area contributed by atoms with Gasteiger partial charge < -0.3 is 29.4 Å². The number of rotatable bonds is 13. The molecule has 2 fully saturated rings. The number of sulfonamides is 1. The molecule has 10 nitrogen and oxygen atoms in total. The van der Waals surface area contributed by atoms with Crippen LogP contribution in [-0.4, -0.2) is 81.9 Å². The number of alkyl halides is 1. The van der Waals surface area contributed by atoms with Gasteiger partial charge in [0.25, 0.3) is 0 Å². The Bertz CT molecular complexity index is 1240. The summed E-state index contributed by atoms with van der Waals surface area (Å²) in [6, 6.07) is 13.1. The molecule has 0 unspecified atom stereocenters. The van der Waals surface area contributed by atoms with Crippen LogP contribution in [-0.2, 0) is 36.0 Å². The first kappa shape index (κ1) is 31.7. The second-order valence-corrected chi connectivity index (χ2v) is 13.3. The maximum atomic E-state index is 13.6. The number of hydrogen-bond donors (Lipinski definition) is 2. The summed E-state index contributed by atoms with van der Waals surface area (Å²) in [6.07, 6.45) is -1.73. The highest BCUT2D eigenvalue weighted by Crippen LogP contribution is 2.33. The first-order valence-electron chi connectivity index (χ1n) is 13.8. The predicted molar refractivity (Wildman–Crippen MR) is 156 cm³/mol. The molecule has 0 aromatic heterocycles. The molecule has 0 spiro atoms. The predicted octanol–water partition coefficient (Wildman–Crippen LogP) is 3.70. The molecular weight excluding hydrogens is 616 g/mol. The summed E-state index contributed by atoms with van der Waals surface area (Å²) < 4.78 is 50.5. The molecule has 2 N–H and O–H groups in total. The lowest BCUT2D eigenvalue weighted by Crippen LogP contribution is -2.51. The lowest BCUT2D eigenvalue weighted by Gasteiger charge is -2.31. The van der Waals surface area contributed by atoms with Gasteiger partial charge in [-0.25, -0.2) is 13.2 Å². The summed E-state index contributed by atoms with van der Waals surface area (Å²) in [7, 11) is -2.44. The van der Waals surface area contributed by atoms with E-state index in [0.717, 1.165) is 17.5 Å². The van der Waals surface area contributed by atoms with Gasteiger partial charge in [-0.15, -0.1) is 0 Å². The van der Waals surface area contributed by atoms with E-state index >= 15 is 0 Å². The smallest absolute Gasteiger partial charge is 0.407 e. The number of halogens is 1. The number of carbonyl (C=O) groups is 1. The van der Waals surface area contributed by atoms with Gasteiger partial charge in [0.2, 0.25) is 10.0 Å². The van der Waals surface area contributed by atoms with Crippen molar-refractivity contribution in [2.45, 2.75) is 61.5 Å². The zero-order chi connectivity index (χ0) is 29.6. The first-order valence-corrected chi connectivity index (χ1v) is 16.3. The quantitative estimate of drug-likeness (QED) is 0.314. The third kappa shape index (κ3) is 8.20. The Kier molecular flexibility index (Phi) is 11.1. The van der Waals surface area contributed by atoms with Gasteiger partial charge in [0.05, 0.1) is 43.3 Å². The fourth-order valence-corrected chi connectivity index (χ4v) is 7.08. The SMILES string of the molecule is COc1ccc(S(=O)(=O)N(CC(C)C)C[C@@H](O)[C@H](Cc2ccc(CBr)cc2)NC(=O)O[C@H]2CO[C@H]3OCC[C@H]32)cc1. The van der Waals surface area contributed by atoms with Gasteiger partial charge in [0.1, 0.15) is 11.9 Å². The van der Waals surface area contributed by atoms with Crippen LogP contribution in [0.5, 0.6) is 5.75 Å². The topological polar surface area (TPSA) is 124 Å². The van der Waals surface area contributed by atoms with Crippen molar-refractivity contribution in [2.75, 3.05) is 33.4 Å². The second-order valence-electron chi connectivity index (χ2n) is 10.8. The summed E-state index contributed by atoms with van der Waals surface area (Å²) >= 11 is 3.44. The number of amides is 1. The van der Waals surface area contributed by atoms with Crippen LogP contribution in [0, 0.1) is 11.8 Å². The van der Waals surface area contributed by atoms with Crippen LogP contribution < -0.4 is 10.1 Å². The fourth-order valence-electron chi connectivity index (χ4n) is 5.08. The number of carbonyl (C=O) groups excluding carboxylic acids is 1. The van der Waals surface area contributed by atoms with Crippen molar-refractivity contribution in [1.29, 1.82) is 0 Å². The third-order valence-electron chi connectivity index (χ3n) is 7.30. The lowest BCUT2D eigenvalue weighted by atomic mass is 10.00. The molecule has 1 amide bonds. The number of aliphatic hydroxyl groups excluding tert-OH is 1. The van der Waals surface area contributed by atoms with Crippen molar-refractivity contribution >= 4 is 32.0 Å². The van der Waals surface area contributed by atoms with Crippen molar-refractivity contribution < 1.29 is 37.3 Å². The Morgan fingerprint density at radius 2 is 1.78 bits per heavy atom. The van der Waals surface area contributed by atoms with E-state index in [1.54, 1.807) is 12.1 Å². The normalized spacial score (nSPS) is 22.0. The molecule has 4 rings (SSSR count). The molecule has 12 heteroatoms. The van der Waals surface area contributed by atoms with Gasteiger partial charge >= 0.3 is 6.09 Å². The first-order chi connectivity index (χ1) is 19.6. The molecule has 0 aliphatic carbocycles. The van der Waals surface area contributed by atoms with Crippen molar-refractivity contribution in [3.05, 3.63) is 59.7 Å². The molecule has 2 aromatic rings. The van der Waals surface area contributed by atoms with Gasteiger partial charge in [-0.05, 0) is 54.2 Å². The molecule has 2 heterocycles. The number of nitrogens with one attached hydrogen (secondary N) is 1. The fraction of sp³-hybridized carbons (Fsp3) is 0.552. The van der Waals surface area contributed by atoms with Crippen molar-refractivity contribution in [2.24, 2.45) is 11.8 Å². The van der Waals surface area contributed by atoms with Crippen LogP contribution in [0.4, 0.5) is 4.79 Å². The maximum absolute atomic E-state index is 13.6. The van der Waals surface area contributed by atoms with Crippen LogP contribution in [0.2, 0.25) is 0 Å². The summed E-state index contributed by atoms with van der Waals surface area (Å²) in [5.41, 5.74) is 1.96. The Morgan fingerprint density at radius 3 is 2.41 bits per heavy atom. The van der Waals surface area contributed by atoms with Gasteiger partial charge in [0, 0.05) is 18.4 Å². The summed E-state index contributed by atoms with van der Waals surface area (Å²) in [4.78, 5) is 13.1. The highest BCUT2D eigenvalue weighted by Gasteiger charge is 2.44. The third-order valence-corrected chi connectivity index (χ3v) is 9.79. The molecule has 0 saturated carbocycles. The number of methoxy groups -OCH3 is 1. The summed E-state index contributed by atoms with van der Waals surface area (Å²) in [5.74, 6) is 0.501. The highest BCUT2D eigenvalue weighted by atomic mass is 79.9. The average Bonchev–Trinajstić information content (AvgIpc) is 3.57. The number of fused-ring (bicyclic) bond motifs is 1. The van der Waals surface area contributed by atoms with E-state index < -0.39 is 34.4 Å². The van der Waals surface area contributed by atoms with E-state index in [-0.39, 0.29) is 49.1 Å². The summed E-state index contributed by atoms with van der Waals surface area (Å²) in [6.45, 7) is 4.58. The van der Waals surface area contributed by atoms with E-state index in [0.29, 0.717) is 17.7 Å². The minimum Gasteiger partial charge on any atom is -0.497 e. The number of nitrogens with zero attached hydrogens (tertiary/aromatic N) is 1. The minimum atomic E-state index is -3.95. The average molecular weight is 656 g/mol. The van der Waals surface area contributed by atoms with Crippen molar-refractivity contribution in [3.8, 4) is 5.75 Å². The number of hydrogen-bond acceptors (Lipinski definition) is 8. The molecule has 2 aliphatic rings. The molecule has 5 atom stereocenters. The number of ether oxygens (including phenoxy) is 4. The number of aliphatic hydroxyl groups is 1. The minimum absolute atomic E-state index is 0.00710. The molecular formula is C29H39BrN2O8S. The molecule has 2 saturated heterocycles. The Morgan fingerprint density at radius 1 is 1.10 bits per heavy atom. The number of alkyl carbamates (subject to hydrolysis) is 1. The standard InChI is InChI=1S/C29H39BrN2O8S/c1-19(2)16-32(41(35,36)23-10-8-22(37-3)9-11-23)17-26(33)25(14-20-4-6-21(15-30)7-5-20)31-29(34)40-27-18-39-28-24(27)12-13-38-28/h4-11,19,24-28,33H,12-18H2,1-3H3,(H,31,34)/t24-,25-,26+,27-,28+/m0/s1. The van der Waals surface area contributed by atoms with Gasteiger partial charge in [-0.1, -0.05) is 54.0 Å². The van der Waals surface area contributed by atoms with Crippen molar-refractivity contribution in [1.82, 2.24) is 9.62 Å². The molecule has 2 aliphatic heterocycles. The largest absolute Gasteiger partial charge is 0.497 e. The van der Waals surface area contributed by atoms with Crippen LogP contribution in [0.25, 0.3) is 0 Å². The summed E-state index contributed by atoms with van der Waals surface area (Å²) in [5, 5.41) is 15.0. The van der Waals surface area contributed by atoms with Crippen LogP contribution in [0.1, 0.15) is 31.4 Å². The monoisotopic (exact) mass is 654 g/mol. The highest BCUT2D eigenvalue weighted by molar-refractivity contribution is 9.08. The molecule has 0 bridgehead atoms. The second kappa shape index (κ2) is 14.3. The van der Waals surface area contributed by atoms with E-state index in [2.05, 4.69) is 21.2 Å². The molecule has 41 heavy (non-hydrogen) atoms. The van der Waals surface area contributed by atoms with E-state index in [9.17, 15) is 18.3 Å². The van der Waals surface area contributed by atoms with Crippen LogP contribution in [0.15, 0.2) is 53.4 Å². The molecule has 0 radical (unpaired) electrons. The number of benzene rings is 2.